The van der Waals surface area contributed by atoms with Gasteiger partial charge in [-0.25, -0.2) is 14.3 Å². The fourth-order valence-electron chi connectivity index (χ4n) is 4.47. The van der Waals surface area contributed by atoms with Crippen LogP contribution in [-0.4, -0.2) is 69.0 Å². The maximum absolute atomic E-state index is 12.9. The van der Waals surface area contributed by atoms with E-state index in [4.69, 9.17) is 28.6 Å². The summed E-state index contributed by atoms with van der Waals surface area (Å²) >= 11 is 12.6. The zero-order valence-corrected chi connectivity index (χ0v) is 22.4. The molecule has 1 amide bonds. The van der Waals surface area contributed by atoms with Gasteiger partial charge >= 0.3 is 5.69 Å². The van der Waals surface area contributed by atoms with E-state index in [2.05, 4.69) is 37.3 Å². The zero-order valence-electron chi connectivity index (χ0n) is 20.9. The van der Waals surface area contributed by atoms with Crippen LogP contribution in [0, 0.1) is 5.41 Å². The van der Waals surface area contributed by atoms with Crippen molar-refractivity contribution in [3.05, 3.63) is 79.7 Å². The minimum Gasteiger partial charge on any atom is -0.348 e. The van der Waals surface area contributed by atoms with E-state index in [1.54, 1.807) is 37.2 Å². The van der Waals surface area contributed by atoms with Crippen LogP contribution in [0.1, 0.15) is 11.1 Å². The molecule has 0 saturated carbocycles. The largest absolute Gasteiger partial charge is 0.348 e. The lowest BCUT2D eigenvalue weighted by Crippen LogP contribution is -2.37. The van der Waals surface area contributed by atoms with Gasteiger partial charge in [0.1, 0.15) is 5.49 Å². The van der Waals surface area contributed by atoms with E-state index in [0.29, 0.717) is 11.9 Å². The molecule has 10 nitrogen and oxygen atoms in total. The van der Waals surface area contributed by atoms with Crippen molar-refractivity contribution in [2.24, 2.45) is 0 Å². The molecule has 0 atom stereocenters. The van der Waals surface area contributed by atoms with Crippen LogP contribution in [-0.2, 0) is 17.6 Å². The van der Waals surface area contributed by atoms with Crippen LogP contribution in [0.25, 0.3) is 16.7 Å². The van der Waals surface area contributed by atoms with Crippen LogP contribution >= 0.6 is 23.2 Å². The first-order chi connectivity index (χ1) is 18.2. The number of carbonyl (C=O) groups excluding carboxylic acids is 1. The minimum absolute atomic E-state index is 0.0983. The quantitative estimate of drug-likeness (QED) is 0.349. The predicted molar refractivity (Wildman–Crippen MR) is 148 cm³/mol. The average Bonchev–Trinajstić information content (AvgIpc) is 3.07. The molecular formula is C26H26Cl2N8O2. The van der Waals surface area contributed by atoms with Crippen molar-refractivity contribution < 1.29 is 4.79 Å². The molecule has 0 spiro atoms. The number of hydrogen-bond acceptors (Lipinski definition) is 7. The van der Waals surface area contributed by atoms with E-state index in [1.165, 1.54) is 17.3 Å². The van der Waals surface area contributed by atoms with E-state index in [9.17, 15) is 9.59 Å². The Morgan fingerprint density at radius 2 is 1.84 bits per heavy atom. The number of amides is 1. The van der Waals surface area contributed by atoms with Gasteiger partial charge < -0.3 is 10.2 Å². The number of H-pyrrole nitrogens is 1. The number of carbonyl (C=O) groups is 1. The van der Waals surface area contributed by atoms with E-state index < -0.39 is 5.69 Å². The standard InChI is InChI=1S/C26H26Cl2N8O2/c1-34(2)21(37)14-35-10-8-15-6-7-17(12-16(15)9-11-35)31-25-30-13-18-23(29)36(26(38)33-24(18)32-25)22-19(27)4-3-5-20(22)28/h3-7,12-13,29H,8-11,14H2,1-2H3,(H2,30,31,32,33,38). The Kier molecular flexibility index (Phi) is 7.20. The first-order valence-corrected chi connectivity index (χ1v) is 12.8. The lowest BCUT2D eigenvalue weighted by molar-refractivity contribution is -0.129. The van der Waals surface area contributed by atoms with Gasteiger partial charge in [-0.05, 0) is 48.2 Å². The molecule has 5 rings (SSSR count). The molecule has 196 valence electrons. The van der Waals surface area contributed by atoms with Crippen molar-refractivity contribution in [1.82, 2.24) is 29.3 Å². The molecule has 12 heteroatoms. The summed E-state index contributed by atoms with van der Waals surface area (Å²) in [7, 11) is 3.54. The number of para-hydroxylation sites is 1. The summed E-state index contributed by atoms with van der Waals surface area (Å²) in [6.45, 7) is 2.04. The van der Waals surface area contributed by atoms with Gasteiger partial charge in [-0.1, -0.05) is 35.3 Å². The van der Waals surface area contributed by atoms with Crippen LogP contribution in [0.2, 0.25) is 10.0 Å². The van der Waals surface area contributed by atoms with Gasteiger partial charge in [-0.15, -0.1) is 0 Å². The predicted octanol–water partition coefficient (Wildman–Crippen LogP) is 3.13. The van der Waals surface area contributed by atoms with Crippen LogP contribution < -0.4 is 16.5 Å². The third kappa shape index (κ3) is 5.15. The van der Waals surface area contributed by atoms with E-state index >= 15 is 0 Å². The molecule has 0 unspecified atom stereocenters. The maximum Gasteiger partial charge on any atom is 0.333 e. The van der Waals surface area contributed by atoms with Crippen LogP contribution in [0.3, 0.4) is 0 Å². The molecule has 0 radical (unpaired) electrons. The number of nitrogens with zero attached hydrogens (tertiary/aromatic N) is 5. The van der Waals surface area contributed by atoms with E-state index in [0.717, 1.165) is 36.2 Å². The van der Waals surface area contributed by atoms with Gasteiger partial charge in [0, 0.05) is 39.1 Å². The Morgan fingerprint density at radius 3 is 2.55 bits per heavy atom. The topological polar surface area (TPSA) is 123 Å². The van der Waals surface area contributed by atoms with E-state index in [-0.39, 0.29) is 38.7 Å². The Hall–Kier alpha value is -3.73. The maximum atomic E-state index is 12.9. The summed E-state index contributed by atoms with van der Waals surface area (Å²) in [5.74, 6) is 0.383. The molecule has 0 bridgehead atoms. The number of likely N-dealkylation sites (N-methyl/N-ethyl adjacent to an activating group) is 1. The fourth-order valence-corrected chi connectivity index (χ4v) is 5.04. The van der Waals surface area contributed by atoms with Gasteiger partial charge in [0.05, 0.1) is 27.7 Å². The number of rotatable bonds is 5. The van der Waals surface area contributed by atoms with Crippen molar-refractivity contribution >= 4 is 51.8 Å². The van der Waals surface area contributed by atoms with Crippen LogP contribution in [0.15, 0.2) is 47.4 Å². The summed E-state index contributed by atoms with van der Waals surface area (Å²) < 4.78 is 1.10. The third-order valence-corrected chi connectivity index (χ3v) is 7.18. The van der Waals surface area contributed by atoms with Crippen LogP contribution in [0.4, 0.5) is 11.6 Å². The summed E-state index contributed by atoms with van der Waals surface area (Å²) in [5.41, 5.74) is 2.98. The Balaban J connectivity index is 1.39. The smallest absolute Gasteiger partial charge is 0.333 e. The molecule has 4 aromatic rings. The number of nitrogens with one attached hydrogen (secondary N) is 3. The summed E-state index contributed by atoms with van der Waals surface area (Å²) in [4.78, 5) is 40.3. The fraction of sp³-hybridized carbons (Fsp3) is 0.269. The number of benzene rings is 2. The number of aromatic nitrogens is 4. The molecule has 2 aromatic heterocycles. The Bertz CT molecular complexity index is 1640. The van der Waals surface area contributed by atoms with Crippen molar-refractivity contribution in [2.75, 3.05) is 39.0 Å². The lowest BCUT2D eigenvalue weighted by atomic mass is 10.0. The van der Waals surface area contributed by atoms with E-state index in [1.807, 2.05) is 6.07 Å². The molecule has 38 heavy (non-hydrogen) atoms. The average molecular weight is 553 g/mol. The molecule has 0 aliphatic carbocycles. The molecule has 1 aliphatic rings. The number of aromatic amines is 1. The van der Waals surface area contributed by atoms with Gasteiger partial charge in [-0.3, -0.25) is 20.1 Å². The summed E-state index contributed by atoms with van der Waals surface area (Å²) in [5, 5.41) is 12.6. The summed E-state index contributed by atoms with van der Waals surface area (Å²) in [6, 6.07) is 11.0. The molecule has 0 fully saturated rings. The molecule has 1 aliphatic heterocycles. The van der Waals surface area contributed by atoms with Gasteiger partial charge in [0.15, 0.2) is 5.65 Å². The van der Waals surface area contributed by atoms with Gasteiger partial charge in [-0.2, -0.15) is 4.98 Å². The van der Waals surface area contributed by atoms with Gasteiger partial charge in [0.2, 0.25) is 11.9 Å². The number of hydrogen-bond donors (Lipinski definition) is 3. The molecule has 0 saturated heterocycles. The van der Waals surface area contributed by atoms with Crippen LogP contribution in [0.5, 0.6) is 0 Å². The van der Waals surface area contributed by atoms with Crippen molar-refractivity contribution in [1.29, 1.82) is 5.41 Å². The Morgan fingerprint density at radius 1 is 1.13 bits per heavy atom. The monoisotopic (exact) mass is 552 g/mol. The second-order valence-corrected chi connectivity index (χ2v) is 10.1. The molecular weight excluding hydrogens is 527 g/mol. The second-order valence-electron chi connectivity index (χ2n) is 9.31. The third-order valence-electron chi connectivity index (χ3n) is 6.57. The van der Waals surface area contributed by atoms with Crippen molar-refractivity contribution in [3.63, 3.8) is 0 Å². The second kappa shape index (κ2) is 10.6. The first kappa shape index (κ1) is 25.9. The number of fused-ring (bicyclic) bond motifs is 2. The highest BCUT2D eigenvalue weighted by atomic mass is 35.5. The SMILES string of the molecule is CN(C)C(=O)CN1CCc2ccc(Nc3ncc4c(=N)n(-c5c(Cl)cccc5Cl)c(=O)[nH]c4n3)cc2CC1. The van der Waals surface area contributed by atoms with Crippen molar-refractivity contribution in [3.8, 4) is 5.69 Å². The number of anilines is 2. The lowest BCUT2D eigenvalue weighted by Gasteiger charge is -2.21. The highest BCUT2D eigenvalue weighted by Crippen LogP contribution is 2.27. The normalized spacial score (nSPS) is 13.7. The highest BCUT2D eigenvalue weighted by molar-refractivity contribution is 6.37. The molecule has 3 heterocycles. The van der Waals surface area contributed by atoms with Crippen molar-refractivity contribution in [2.45, 2.75) is 12.8 Å². The van der Waals surface area contributed by atoms with Gasteiger partial charge in [0.25, 0.3) is 0 Å². The zero-order chi connectivity index (χ0) is 27.0. The Labute approximate surface area is 228 Å². The molecule has 3 N–H and O–H groups in total. The highest BCUT2D eigenvalue weighted by Gasteiger charge is 2.18. The minimum atomic E-state index is -0.593. The number of halogens is 2. The summed E-state index contributed by atoms with van der Waals surface area (Å²) in [6.07, 6.45) is 3.17. The first-order valence-electron chi connectivity index (χ1n) is 12.0. The molecule has 2 aromatic carbocycles.